The van der Waals surface area contributed by atoms with Crippen molar-refractivity contribution in [3.8, 4) is 0 Å². The lowest BCUT2D eigenvalue weighted by Gasteiger charge is -2.08. The smallest absolute Gasteiger partial charge is 0.345 e. The number of halogens is 1. The Balaban J connectivity index is 1.90. The fourth-order valence-corrected chi connectivity index (χ4v) is 2.69. The fraction of sp³-hybridized carbons (Fsp3) is 0.0588. The second-order valence-corrected chi connectivity index (χ2v) is 6.00. The zero-order valence-electron chi connectivity index (χ0n) is 12.6. The average Bonchev–Trinajstić information content (AvgIpc) is 2.58. The molecule has 8 heteroatoms. The van der Waals surface area contributed by atoms with Gasteiger partial charge in [-0.3, -0.25) is 10.1 Å². The van der Waals surface area contributed by atoms with E-state index in [1.807, 2.05) is 0 Å². The first kappa shape index (κ1) is 16.8. The minimum absolute atomic E-state index is 0.150. The minimum Gasteiger partial charge on any atom is -0.457 e. The van der Waals surface area contributed by atoms with Crippen molar-refractivity contribution in [1.29, 1.82) is 0 Å². The molecule has 0 saturated heterocycles. The predicted molar refractivity (Wildman–Crippen MR) is 92.4 cm³/mol. The van der Waals surface area contributed by atoms with Crippen LogP contribution < -0.4 is 5.63 Å². The number of ether oxygens (including phenoxy) is 1. The molecule has 1 heterocycles. The Kier molecular flexibility index (Phi) is 4.62. The van der Waals surface area contributed by atoms with E-state index >= 15 is 0 Å². The van der Waals surface area contributed by atoms with Crippen LogP contribution in [0.15, 0.2) is 62.2 Å². The standard InChI is InChI=1S/C17H10BrNO6/c18-11-5-6-12-10(7-16(20)25-15(12)8-11)9-24-17(21)13-3-1-2-4-14(13)19(22)23/h1-8H,9H2. The van der Waals surface area contributed by atoms with Crippen LogP contribution in [0.4, 0.5) is 5.69 Å². The highest BCUT2D eigenvalue weighted by Crippen LogP contribution is 2.23. The van der Waals surface area contributed by atoms with Crippen molar-refractivity contribution in [1.82, 2.24) is 0 Å². The number of nitrogens with zero attached hydrogens (tertiary/aromatic N) is 1. The van der Waals surface area contributed by atoms with Gasteiger partial charge in [-0.15, -0.1) is 0 Å². The largest absolute Gasteiger partial charge is 0.457 e. The van der Waals surface area contributed by atoms with Crippen LogP contribution in [0.25, 0.3) is 11.0 Å². The molecular formula is C17H10BrNO6. The maximum absolute atomic E-state index is 12.2. The van der Waals surface area contributed by atoms with Crippen molar-refractivity contribution in [2.75, 3.05) is 0 Å². The molecule has 126 valence electrons. The number of carbonyl (C=O) groups excluding carboxylic acids is 1. The SMILES string of the molecule is O=C(OCc1cc(=O)oc2cc(Br)ccc12)c1ccccc1[N+](=O)[O-]. The Bertz CT molecular complexity index is 1040. The lowest BCUT2D eigenvalue weighted by molar-refractivity contribution is -0.385. The highest BCUT2D eigenvalue weighted by Gasteiger charge is 2.21. The Morgan fingerprint density at radius 2 is 1.96 bits per heavy atom. The van der Waals surface area contributed by atoms with Crippen molar-refractivity contribution in [2.24, 2.45) is 0 Å². The zero-order chi connectivity index (χ0) is 18.0. The van der Waals surface area contributed by atoms with Gasteiger partial charge in [0.25, 0.3) is 5.69 Å². The molecule has 0 spiro atoms. The minimum atomic E-state index is -0.842. The van der Waals surface area contributed by atoms with Gasteiger partial charge in [0, 0.05) is 27.6 Å². The maximum atomic E-state index is 12.2. The second-order valence-electron chi connectivity index (χ2n) is 5.08. The van der Waals surface area contributed by atoms with Crippen LogP contribution in [-0.2, 0) is 11.3 Å². The molecule has 0 unspecified atom stereocenters. The molecule has 0 atom stereocenters. The summed E-state index contributed by atoms with van der Waals surface area (Å²) in [6, 6.07) is 11.8. The molecular weight excluding hydrogens is 394 g/mol. The Morgan fingerprint density at radius 1 is 1.20 bits per heavy atom. The van der Waals surface area contributed by atoms with E-state index in [9.17, 15) is 19.7 Å². The summed E-state index contributed by atoms with van der Waals surface area (Å²) in [5.74, 6) is -0.842. The van der Waals surface area contributed by atoms with Gasteiger partial charge in [0.1, 0.15) is 17.8 Å². The van der Waals surface area contributed by atoms with Gasteiger partial charge in [-0.1, -0.05) is 28.1 Å². The first-order valence-corrected chi connectivity index (χ1v) is 7.88. The lowest BCUT2D eigenvalue weighted by atomic mass is 10.1. The van der Waals surface area contributed by atoms with Crippen LogP contribution >= 0.6 is 15.9 Å². The molecule has 0 fully saturated rings. The number of rotatable bonds is 4. The van der Waals surface area contributed by atoms with Crippen molar-refractivity contribution < 1.29 is 18.9 Å². The molecule has 2 aromatic carbocycles. The Hall–Kier alpha value is -3.00. The van der Waals surface area contributed by atoms with Gasteiger partial charge in [0.05, 0.1) is 4.92 Å². The number of para-hydroxylation sites is 1. The van der Waals surface area contributed by atoms with Gasteiger partial charge >= 0.3 is 11.6 Å². The topological polar surface area (TPSA) is 99.7 Å². The molecule has 1 aromatic heterocycles. The Labute approximate surface area is 149 Å². The summed E-state index contributed by atoms with van der Waals surface area (Å²) in [5.41, 5.74) is -0.275. The molecule has 0 aliphatic rings. The van der Waals surface area contributed by atoms with Crippen LogP contribution in [0.2, 0.25) is 0 Å². The van der Waals surface area contributed by atoms with Crippen molar-refractivity contribution in [2.45, 2.75) is 6.61 Å². The van der Waals surface area contributed by atoms with E-state index in [1.165, 1.54) is 30.3 Å². The summed E-state index contributed by atoms with van der Waals surface area (Å²) < 4.78 is 11.0. The molecule has 3 aromatic rings. The number of nitro groups is 1. The van der Waals surface area contributed by atoms with E-state index in [2.05, 4.69) is 15.9 Å². The summed E-state index contributed by atoms with van der Waals surface area (Å²) in [7, 11) is 0. The van der Waals surface area contributed by atoms with Gasteiger partial charge < -0.3 is 9.15 Å². The molecule has 7 nitrogen and oxygen atoms in total. The van der Waals surface area contributed by atoms with E-state index < -0.39 is 16.5 Å². The van der Waals surface area contributed by atoms with Crippen LogP contribution in [-0.4, -0.2) is 10.9 Å². The molecule has 0 bridgehead atoms. The highest BCUT2D eigenvalue weighted by molar-refractivity contribution is 9.10. The van der Waals surface area contributed by atoms with Crippen LogP contribution in [0, 0.1) is 10.1 Å². The number of fused-ring (bicyclic) bond motifs is 1. The summed E-state index contributed by atoms with van der Waals surface area (Å²) >= 11 is 3.28. The maximum Gasteiger partial charge on any atom is 0.345 e. The quantitative estimate of drug-likeness (QED) is 0.284. The molecule has 0 amide bonds. The van der Waals surface area contributed by atoms with Gasteiger partial charge in [0.15, 0.2) is 0 Å². The van der Waals surface area contributed by atoms with Gasteiger partial charge in [-0.05, 0) is 24.3 Å². The third-order valence-corrected chi connectivity index (χ3v) is 3.96. The van der Waals surface area contributed by atoms with Crippen LogP contribution in [0.1, 0.15) is 15.9 Å². The number of esters is 1. The number of hydrogen-bond donors (Lipinski definition) is 0. The molecule has 3 rings (SSSR count). The number of carbonyl (C=O) groups is 1. The van der Waals surface area contributed by atoms with Gasteiger partial charge in [-0.2, -0.15) is 0 Å². The number of nitro benzene ring substituents is 1. The van der Waals surface area contributed by atoms with Crippen molar-refractivity contribution in [3.05, 3.63) is 84.7 Å². The first-order valence-electron chi connectivity index (χ1n) is 7.08. The number of benzene rings is 2. The fourth-order valence-electron chi connectivity index (χ4n) is 2.35. The number of hydrogen-bond acceptors (Lipinski definition) is 6. The third-order valence-electron chi connectivity index (χ3n) is 3.47. The molecule has 0 aliphatic carbocycles. The van der Waals surface area contributed by atoms with Crippen LogP contribution in [0.5, 0.6) is 0 Å². The van der Waals surface area contributed by atoms with E-state index in [0.29, 0.717) is 16.5 Å². The second kappa shape index (κ2) is 6.86. The summed E-state index contributed by atoms with van der Waals surface area (Å²) in [6.45, 7) is -0.214. The zero-order valence-corrected chi connectivity index (χ0v) is 14.2. The highest BCUT2D eigenvalue weighted by atomic mass is 79.9. The first-order chi connectivity index (χ1) is 12.0. The molecule has 0 N–H and O–H groups in total. The van der Waals surface area contributed by atoms with E-state index in [-0.39, 0.29) is 17.9 Å². The predicted octanol–water partition coefficient (Wildman–Crippen LogP) is 3.82. The molecule has 0 aliphatic heterocycles. The lowest BCUT2D eigenvalue weighted by Crippen LogP contribution is -2.09. The van der Waals surface area contributed by atoms with E-state index in [0.717, 1.165) is 4.47 Å². The van der Waals surface area contributed by atoms with E-state index in [1.54, 1.807) is 18.2 Å². The van der Waals surface area contributed by atoms with Gasteiger partial charge in [-0.25, -0.2) is 9.59 Å². The summed E-state index contributed by atoms with van der Waals surface area (Å²) in [4.78, 5) is 34.2. The van der Waals surface area contributed by atoms with Crippen LogP contribution in [0.3, 0.4) is 0 Å². The van der Waals surface area contributed by atoms with Crippen molar-refractivity contribution >= 4 is 38.6 Å². The summed E-state index contributed by atoms with van der Waals surface area (Å²) in [5, 5.41) is 11.6. The normalized spacial score (nSPS) is 10.6. The van der Waals surface area contributed by atoms with Crippen molar-refractivity contribution in [3.63, 3.8) is 0 Å². The van der Waals surface area contributed by atoms with Gasteiger partial charge in [0.2, 0.25) is 0 Å². The molecule has 25 heavy (non-hydrogen) atoms. The monoisotopic (exact) mass is 403 g/mol. The summed E-state index contributed by atoms with van der Waals surface area (Å²) in [6.07, 6.45) is 0. The molecule has 0 radical (unpaired) electrons. The Morgan fingerprint density at radius 3 is 2.72 bits per heavy atom. The average molecular weight is 404 g/mol. The third kappa shape index (κ3) is 3.58. The molecule has 0 saturated carbocycles. The van der Waals surface area contributed by atoms with E-state index in [4.69, 9.17) is 9.15 Å².